The number of carbonyl (C=O) groups excluding carboxylic acids is 1. The highest BCUT2D eigenvalue weighted by Crippen LogP contribution is 2.38. The normalized spacial score (nSPS) is 18.3. The summed E-state index contributed by atoms with van der Waals surface area (Å²) in [6.45, 7) is 7.32. The summed E-state index contributed by atoms with van der Waals surface area (Å²) in [7, 11) is 1.16. The van der Waals surface area contributed by atoms with E-state index in [2.05, 4.69) is 20.3 Å². The number of amides is 1. The molecule has 1 saturated heterocycles. The van der Waals surface area contributed by atoms with Gasteiger partial charge in [0.05, 0.1) is 24.7 Å². The molecule has 4 rings (SSSR count). The van der Waals surface area contributed by atoms with E-state index in [4.69, 9.17) is 9.47 Å². The van der Waals surface area contributed by atoms with Crippen molar-refractivity contribution in [1.82, 2.24) is 19.9 Å². The Morgan fingerprint density at radius 2 is 1.94 bits per heavy atom. The fourth-order valence-corrected chi connectivity index (χ4v) is 4.23. The molecule has 1 amide bonds. The summed E-state index contributed by atoms with van der Waals surface area (Å²) in [5, 5.41) is 3.40. The Bertz CT molecular complexity index is 1090. The average molecular weight is 495 g/mol. The van der Waals surface area contributed by atoms with Crippen LogP contribution in [0.25, 0.3) is 0 Å². The number of ether oxygens (including phenoxy) is 2. The lowest BCUT2D eigenvalue weighted by atomic mass is 10.0. The van der Waals surface area contributed by atoms with Crippen molar-refractivity contribution in [2.75, 3.05) is 37.0 Å². The van der Waals surface area contributed by atoms with Gasteiger partial charge in [0.2, 0.25) is 5.88 Å². The van der Waals surface area contributed by atoms with Crippen molar-refractivity contribution < 1.29 is 27.4 Å². The molecule has 2 aromatic rings. The molecule has 9 nitrogen and oxygen atoms in total. The molecule has 1 unspecified atom stereocenters. The lowest BCUT2D eigenvalue weighted by Gasteiger charge is -2.31. The number of fused-ring (bicyclic) bond motifs is 1. The molecule has 1 atom stereocenters. The van der Waals surface area contributed by atoms with E-state index in [9.17, 15) is 18.0 Å². The second-order valence-electron chi connectivity index (χ2n) is 9.62. The first-order valence-electron chi connectivity index (χ1n) is 11.4. The van der Waals surface area contributed by atoms with Gasteiger partial charge in [-0.1, -0.05) is 0 Å². The number of likely N-dealkylation sites (tertiary alicyclic amines) is 1. The van der Waals surface area contributed by atoms with Gasteiger partial charge in [-0.25, -0.2) is 19.7 Å². The molecule has 1 N–H and O–H groups in total. The molecule has 12 heteroatoms. The van der Waals surface area contributed by atoms with Crippen LogP contribution in [0.4, 0.5) is 29.5 Å². The third kappa shape index (κ3) is 5.68. The van der Waals surface area contributed by atoms with Gasteiger partial charge in [-0.05, 0) is 33.3 Å². The monoisotopic (exact) mass is 494 g/mol. The number of hydrogen-bond acceptors (Lipinski definition) is 8. The minimum Gasteiger partial charge on any atom is -0.481 e. The number of rotatable bonds is 4. The summed E-state index contributed by atoms with van der Waals surface area (Å²) in [4.78, 5) is 28.5. The van der Waals surface area contributed by atoms with Crippen LogP contribution >= 0.6 is 0 Å². The van der Waals surface area contributed by atoms with Crippen LogP contribution in [0, 0.1) is 0 Å². The number of pyridine rings is 1. The fourth-order valence-electron chi connectivity index (χ4n) is 4.23. The minimum atomic E-state index is -4.58. The zero-order valence-electron chi connectivity index (χ0n) is 20.1. The van der Waals surface area contributed by atoms with Crippen molar-refractivity contribution >= 4 is 17.6 Å². The third-order valence-corrected chi connectivity index (χ3v) is 5.88. The number of nitrogens with zero attached hydrogens (tertiary/aromatic N) is 5. The molecule has 0 aromatic carbocycles. The smallest absolute Gasteiger partial charge is 0.421 e. The largest absolute Gasteiger partial charge is 0.481 e. The van der Waals surface area contributed by atoms with Gasteiger partial charge in [-0.15, -0.1) is 0 Å². The SMILES string of the molecule is COc1ncc(N2CCc3ncnc(NC4CCN(C(=O)OC(C)(C)C)C4)c3C2)cc1C(F)(F)F. The van der Waals surface area contributed by atoms with E-state index >= 15 is 0 Å². The van der Waals surface area contributed by atoms with Crippen molar-refractivity contribution in [2.45, 2.75) is 58.0 Å². The molecule has 4 heterocycles. The van der Waals surface area contributed by atoms with Crippen LogP contribution in [0.3, 0.4) is 0 Å². The van der Waals surface area contributed by atoms with Gasteiger partial charge in [0, 0.05) is 44.2 Å². The number of hydrogen-bond donors (Lipinski definition) is 1. The summed E-state index contributed by atoms with van der Waals surface area (Å²) in [6.07, 6.45) is -0.807. The molecular formula is C23H29F3N6O3. The summed E-state index contributed by atoms with van der Waals surface area (Å²) in [5.74, 6) is 0.161. The Kier molecular flexibility index (Phi) is 6.65. The van der Waals surface area contributed by atoms with E-state index in [0.717, 1.165) is 30.9 Å². The molecule has 190 valence electrons. The highest BCUT2D eigenvalue weighted by molar-refractivity contribution is 5.68. The second kappa shape index (κ2) is 9.38. The predicted molar refractivity (Wildman–Crippen MR) is 122 cm³/mol. The van der Waals surface area contributed by atoms with E-state index in [1.54, 1.807) is 4.90 Å². The maximum Gasteiger partial charge on any atom is 0.421 e. The van der Waals surface area contributed by atoms with Gasteiger partial charge in [0.1, 0.15) is 23.3 Å². The number of aromatic nitrogens is 3. The number of methoxy groups -OCH3 is 1. The van der Waals surface area contributed by atoms with Gasteiger partial charge < -0.3 is 24.6 Å². The van der Waals surface area contributed by atoms with E-state index in [0.29, 0.717) is 44.1 Å². The molecule has 0 aliphatic carbocycles. The first-order valence-corrected chi connectivity index (χ1v) is 11.4. The highest BCUT2D eigenvalue weighted by Gasteiger charge is 2.36. The highest BCUT2D eigenvalue weighted by atomic mass is 19.4. The van der Waals surface area contributed by atoms with Gasteiger partial charge >= 0.3 is 12.3 Å². The van der Waals surface area contributed by atoms with Crippen LogP contribution in [0.1, 0.15) is 44.0 Å². The van der Waals surface area contributed by atoms with E-state index < -0.39 is 23.2 Å². The Hall–Kier alpha value is -3.31. The van der Waals surface area contributed by atoms with E-state index in [1.165, 1.54) is 12.5 Å². The minimum absolute atomic E-state index is 0.0311. The molecule has 2 aliphatic heterocycles. The Balaban J connectivity index is 1.50. The number of anilines is 2. The van der Waals surface area contributed by atoms with Gasteiger partial charge in [0.15, 0.2) is 0 Å². The maximum absolute atomic E-state index is 13.5. The molecule has 0 radical (unpaired) electrons. The number of alkyl halides is 3. The summed E-state index contributed by atoms with van der Waals surface area (Å²) >= 11 is 0. The molecule has 2 aliphatic rings. The Labute approximate surface area is 201 Å². The number of carbonyl (C=O) groups is 1. The quantitative estimate of drug-likeness (QED) is 0.685. The average Bonchev–Trinajstić information content (AvgIpc) is 3.26. The lowest BCUT2D eigenvalue weighted by molar-refractivity contribution is -0.139. The molecule has 0 bridgehead atoms. The zero-order valence-corrected chi connectivity index (χ0v) is 20.1. The van der Waals surface area contributed by atoms with Crippen molar-refractivity contribution in [2.24, 2.45) is 0 Å². The van der Waals surface area contributed by atoms with Gasteiger partial charge in [-0.3, -0.25) is 0 Å². The van der Waals surface area contributed by atoms with Gasteiger partial charge in [0.25, 0.3) is 0 Å². The maximum atomic E-state index is 13.5. The standard InChI is InChI=1S/C23H29F3N6O3/c1-22(2,3)35-21(33)32-7-5-14(11-32)30-19-16-12-31(8-6-18(16)28-13-29-19)15-9-17(23(24,25)26)20(34-4)27-10-15/h9-10,13-14H,5-8,11-12H2,1-4H3,(H,28,29,30). The van der Waals surface area contributed by atoms with Crippen LogP contribution in [0.2, 0.25) is 0 Å². The Morgan fingerprint density at radius 3 is 2.63 bits per heavy atom. The first-order chi connectivity index (χ1) is 16.4. The van der Waals surface area contributed by atoms with Crippen LogP contribution in [-0.4, -0.2) is 64.3 Å². The molecule has 1 fully saturated rings. The molecule has 35 heavy (non-hydrogen) atoms. The van der Waals surface area contributed by atoms with E-state index in [-0.39, 0.29) is 12.1 Å². The van der Waals surface area contributed by atoms with Crippen molar-refractivity contribution in [1.29, 1.82) is 0 Å². The molecule has 2 aromatic heterocycles. The number of nitrogens with one attached hydrogen (secondary N) is 1. The fraction of sp³-hybridized carbons (Fsp3) is 0.565. The molecule has 0 saturated carbocycles. The Morgan fingerprint density at radius 1 is 1.17 bits per heavy atom. The van der Waals surface area contributed by atoms with Crippen LogP contribution in [-0.2, 0) is 23.9 Å². The van der Waals surface area contributed by atoms with Crippen molar-refractivity contribution in [3.8, 4) is 5.88 Å². The molecular weight excluding hydrogens is 465 g/mol. The summed E-state index contributed by atoms with van der Waals surface area (Å²) < 4.78 is 50.7. The first kappa shape index (κ1) is 24.8. The zero-order chi connectivity index (χ0) is 25.4. The second-order valence-corrected chi connectivity index (χ2v) is 9.62. The topological polar surface area (TPSA) is 92.7 Å². The van der Waals surface area contributed by atoms with Crippen molar-refractivity contribution in [3.05, 3.63) is 35.4 Å². The number of halogens is 3. The van der Waals surface area contributed by atoms with E-state index in [1.807, 2.05) is 25.7 Å². The van der Waals surface area contributed by atoms with Gasteiger partial charge in [-0.2, -0.15) is 13.2 Å². The van der Waals surface area contributed by atoms with Crippen LogP contribution in [0.5, 0.6) is 5.88 Å². The van der Waals surface area contributed by atoms with Crippen LogP contribution < -0.4 is 15.0 Å². The lowest BCUT2D eigenvalue weighted by Crippen LogP contribution is -2.37. The molecule has 0 spiro atoms. The summed E-state index contributed by atoms with van der Waals surface area (Å²) in [6, 6.07) is 1.03. The third-order valence-electron chi connectivity index (χ3n) is 5.88. The summed E-state index contributed by atoms with van der Waals surface area (Å²) in [5.41, 5.74) is 0.520. The van der Waals surface area contributed by atoms with Crippen LogP contribution in [0.15, 0.2) is 18.6 Å². The van der Waals surface area contributed by atoms with Crippen molar-refractivity contribution in [3.63, 3.8) is 0 Å². The predicted octanol–water partition coefficient (Wildman–Crippen LogP) is 3.88.